The topological polar surface area (TPSA) is 81.9 Å². The van der Waals surface area contributed by atoms with Gasteiger partial charge in [-0.2, -0.15) is 5.26 Å². The van der Waals surface area contributed by atoms with Gasteiger partial charge in [0.2, 0.25) is 0 Å². The highest BCUT2D eigenvalue weighted by Crippen LogP contribution is 2.19. The van der Waals surface area contributed by atoms with E-state index < -0.39 is 5.91 Å². The lowest BCUT2D eigenvalue weighted by molar-refractivity contribution is -0.744. The van der Waals surface area contributed by atoms with Crippen LogP contribution in [0.5, 0.6) is 0 Å². The first kappa shape index (κ1) is 11.0. The lowest BCUT2D eigenvalue weighted by Gasteiger charge is -2.49. The van der Waals surface area contributed by atoms with Crippen molar-refractivity contribution < 1.29 is 10.2 Å². The summed E-state index contributed by atoms with van der Waals surface area (Å²) in [6.07, 6.45) is 0. The van der Waals surface area contributed by atoms with Crippen molar-refractivity contribution in [3.05, 3.63) is 34.9 Å². The predicted octanol–water partition coefficient (Wildman–Crippen LogP) is -0.716. The van der Waals surface area contributed by atoms with Crippen molar-refractivity contribution in [3.63, 3.8) is 0 Å². The molecule has 0 aliphatic heterocycles. The Morgan fingerprint density at radius 1 is 1.43 bits per heavy atom. The summed E-state index contributed by atoms with van der Waals surface area (Å²) < 4.78 is 0. The molecule has 0 bridgehead atoms. The van der Waals surface area contributed by atoms with Crippen LogP contribution in [-0.4, -0.2) is 6.54 Å². The van der Waals surface area contributed by atoms with Gasteiger partial charge in [0.05, 0.1) is 12.6 Å². The normalized spacial score (nSPS) is 11.0. The zero-order valence-electron chi connectivity index (χ0n) is 7.16. The second-order valence-electron chi connectivity index (χ2n) is 2.61. The summed E-state index contributed by atoms with van der Waals surface area (Å²) in [6, 6.07) is 7.61. The van der Waals surface area contributed by atoms with E-state index in [1.807, 2.05) is 5.32 Å². The summed E-state index contributed by atoms with van der Waals surface area (Å²) in [7, 11) is 0. The monoisotopic (exact) mass is 210 g/mol. The number of halogens is 1. The molecule has 0 spiro atoms. The minimum absolute atomic E-state index is 0.0999. The Labute approximate surface area is 86.4 Å². The maximum absolute atomic E-state index is 11.4. The number of nitrogens with zero attached hydrogens (tertiary/aromatic N) is 1. The molecule has 1 rings (SSSR count). The summed E-state index contributed by atoms with van der Waals surface area (Å²) >= 11 is 5.66. The highest BCUT2D eigenvalue weighted by Gasteiger charge is 2.07. The number of hydrogen-bond donors (Lipinski definition) is 1. The van der Waals surface area contributed by atoms with E-state index in [2.05, 4.69) is 0 Å². The lowest BCUT2D eigenvalue weighted by atomic mass is 10.1. The average Bonchev–Trinajstić information content (AvgIpc) is 2.15. The third-order valence-electron chi connectivity index (χ3n) is 1.63. The fourth-order valence-corrected chi connectivity index (χ4v) is 1.24. The van der Waals surface area contributed by atoms with E-state index in [9.17, 15) is 10.2 Å². The molecular weight excluding hydrogens is 204 g/mol. The van der Waals surface area contributed by atoms with Gasteiger partial charge < -0.3 is 15.5 Å². The van der Waals surface area contributed by atoms with Crippen molar-refractivity contribution in [1.29, 1.82) is 5.26 Å². The van der Waals surface area contributed by atoms with Crippen LogP contribution in [0.15, 0.2) is 24.3 Å². The van der Waals surface area contributed by atoms with Gasteiger partial charge in [-0.3, -0.25) is 0 Å². The standard InChI is InChI=1S/C9H7ClN2O2/c10-8-4-2-1-3-7(8)9(13,14)12-6-5-11/h1-4,12H,6H2/q-2. The highest BCUT2D eigenvalue weighted by molar-refractivity contribution is 6.31. The molecule has 0 fully saturated rings. The number of nitrogens with one attached hydrogen (secondary N) is 1. The smallest absolute Gasteiger partial charge is 0.0824 e. The Bertz CT molecular complexity index is 360. The molecule has 1 aromatic carbocycles. The lowest BCUT2D eigenvalue weighted by Crippen LogP contribution is -2.63. The number of hydrogen-bond acceptors (Lipinski definition) is 4. The molecule has 0 atom stereocenters. The van der Waals surface area contributed by atoms with Crippen LogP contribution in [0.3, 0.4) is 0 Å². The third kappa shape index (κ3) is 2.44. The van der Waals surface area contributed by atoms with E-state index in [0.717, 1.165) is 0 Å². The Kier molecular flexibility index (Phi) is 3.44. The molecule has 0 heterocycles. The minimum atomic E-state index is -2.77. The van der Waals surface area contributed by atoms with Gasteiger partial charge in [-0.15, -0.1) is 5.91 Å². The summed E-state index contributed by atoms with van der Waals surface area (Å²) in [6.45, 7) is -0.307. The van der Waals surface area contributed by atoms with Crippen LogP contribution in [0.25, 0.3) is 0 Å². The van der Waals surface area contributed by atoms with Crippen molar-refractivity contribution in [2.75, 3.05) is 6.54 Å². The molecule has 0 unspecified atom stereocenters. The SMILES string of the molecule is N#CCNC([O-])([O-])c1ccccc1Cl. The van der Waals surface area contributed by atoms with Crippen LogP contribution in [0.4, 0.5) is 0 Å². The summed E-state index contributed by atoms with van der Waals surface area (Å²) in [5, 5.41) is 33.1. The molecule has 0 amide bonds. The molecule has 0 saturated heterocycles. The molecule has 0 aliphatic carbocycles. The molecule has 1 N–H and O–H groups in total. The Hall–Kier alpha value is -1.12. The van der Waals surface area contributed by atoms with Gasteiger partial charge in [0.1, 0.15) is 0 Å². The zero-order chi connectivity index (χ0) is 10.6. The van der Waals surface area contributed by atoms with Crippen molar-refractivity contribution in [1.82, 2.24) is 5.32 Å². The van der Waals surface area contributed by atoms with Crippen LogP contribution >= 0.6 is 11.6 Å². The zero-order valence-corrected chi connectivity index (χ0v) is 7.91. The van der Waals surface area contributed by atoms with Crippen molar-refractivity contribution in [3.8, 4) is 6.07 Å². The van der Waals surface area contributed by atoms with E-state index >= 15 is 0 Å². The summed E-state index contributed by atoms with van der Waals surface area (Å²) in [5.41, 5.74) is -0.100. The van der Waals surface area contributed by atoms with Gasteiger partial charge >= 0.3 is 0 Å². The second kappa shape index (κ2) is 4.40. The van der Waals surface area contributed by atoms with E-state index in [1.54, 1.807) is 18.2 Å². The van der Waals surface area contributed by atoms with Gasteiger partial charge in [-0.05, 0) is 11.6 Å². The minimum Gasteiger partial charge on any atom is -0.848 e. The molecule has 1 aromatic rings. The van der Waals surface area contributed by atoms with E-state index in [4.69, 9.17) is 16.9 Å². The quantitative estimate of drug-likeness (QED) is 0.528. The van der Waals surface area contributed by atoms with E-state index in [-0.39, 0.29) is 17.1 Å². The van der Waals surface area contributed by atoms with Gasteiger partial charge in [0.25, 0.3) is 0 Å². The first-order valence-electron chi connectivity index (χ1n) is 3.86. The molecule has 0 aliphatic rings. The molecule has 5 heteroatoms. The largest absolute Gasteiger partial charge is 0.848 e. The van der Waals surface area contributed by atoms with E-state index in [0.29, 0.717) is 0 Å². The molecule has 0 aromatic heterocycles. The van der Waals surface area contributed by atoms with Crippen LogP contribution in [0, 0.1) is 11.3 Å². The summed E-state index contributed by atoms with van der Waals surface area (Å²) in [4.78, 5) is 0. The van der Waals surface area contributed by atoms with Gasteiger partial charge in [0.15, 0.2) is 0 Å². The Balaban J connectivity index is 2.92. The number of benzene rings is 1. The molecule has 0 saturated carbocycles. The van der Waals surface area contributed by atoms with Gasteiger partial charge in [-0.25, -0.2) is 0 Å². The highest BCUT2D eigenvalue weighted by atomic mass is 35.5. The first-order chi connectivity index (χ1) is 6.58. The fourth-order valence-electron chi connectivity index (χ4n) is 0.979. The second-order valence-corrected chi connectivity index (χ2v) is 3.02. The first-order valence-corrected chi connectivity index (χ1v) is 4.23. The summed E-state index contributed by atoms with van der Waals surface area (Å²) in [5.74, 6) is -2.77. The Morgan fingerprint density at radius 2 is 2.07 bits per heavy atom. The molecule has 14 heavy (non-hydrogen) atoms. The maximum atomic E-state index is 11.4. The van der Waals surface area contributed by atoms with E-state index in [1.165, 1.54) is 12.1 Å². The van der Waals surface area contributed by atoms with Crippen LogP contribution in [0.2, 0.25) is 5.02 Å². The van der Waals surface area contributed by atoms with Gasteiger partial charge in [-0.1, -0.05) is 29.8 Å². The fraction of sp³-hybridized carbons (Fsp3) is 0.222. The maximum Gasteiger partial charge on any atom is 0.0824 e. The number of nitriles is 1. The van der Waals surface area contributed by atoms with Crippen molar-refractivity contribution in [2.24, 2.45) is 0 Å². The molecule has 0 radical (unpaired) electrons. The third-order valence-corrected chi connectivity index (χ3v) is 1.96. The average molecular weight is 211 g/mol. The van der Waals surface area contributed by atoms with Crippen LogP contribution < -0.4 is 15.5 Å². The van der Waals surface area contributed by atoms with Crippen LogP contribution in [0.1, 0.15) is 5.56 Å². The molecule has 4 nitrogen and oxygen atoms in total. The molecular formula is C9H7ClN2O2-2. The predicted molar refractivity (Wildman–Crippen MR) is 46.7 cm³/mol. The number of rotatable bonds is 3. The van der Waals surface area contributed by atoms with Crippen molar-refractivity contribution >= 4 is 11.6 Å². The van der Waals surface area contributed by atoms with Crippen LogP contribution in [-0.2, 0) is 5.91 Å². The van der Waals surface area contributed by atoms with Crippen molar-refractivity contribution in [2.45, 2.75) is 5.91 Å². The Morgan fingerprint density at radius 3 is 2.64 bits per heavy atom. The van der Waals surface area contributed by atoms with Gasteiger partial charge in [0, 0.05) is 5.02 Å². The molecule has 74 valence electrons.